The van der Waals surface area contributed by atoms with E-state index < -0.39 is 0 Å². The monoisotopic (exact) mass is 263 g/mol. The Bertz CT molecular complexity index is 352. The topological polar surface area (TPSA) is 28.2 Å². The van der Waals surface area contributed by atoms with Crippen molar-refractivity contribution in [2.75, 3.05) is 20.1 Å². The van der Waals surface area contributed by atoms with Crippen molar-refractivity contribution in [3.05, 3.63) is 29.6 Å². The molecule has 1 rings (SSSR count). The lowest BCUT2D eigenvalue weighted by Gasteiger charge is -2.19. The third-order valence-electron chi connectivity index (χ3n) is 3.46. The third kappa shape index (κ3) is 6.69. The fourth-order valence-corrected chi connectivity index (χ4v) is 2.39. The lowest BCUT2D eigenvalue weighted by atomic mass is 10.1. The Morgan fingerprint density at radius 3 is 2.74 bits per heavy atom. The van der Waals surface area contributed by atoms with Gasteiger partial charge in [-0.1, -0.05) is 19.9 Å². The molecule has 0 aliphatic heterocycles. The summed E-state index contributed by atoms with van der Waals surface area (Å²) in [5, 5.41) is 3.53. The summed E-state index contributed by atoms with van der Waals surface area (Å²) in [5.41, 5.74) is 2.27. The van der Waals surface area contributed by atoms with Crippen LogP contribution in [-0.2, 0) is 6.54 Å². The first kappa shape index (κ1) is 16.1. The highest BCUT2D eigenvalue weighted by molar-refractivity contribution is 5.09. The van der Waals surface area contributed by atoms with Crippen molar-refractivity contribution in [3.63, 3.8) is 0 Å². The van der Waals surface area contributed by atoms with Crippen molar-refractivity contribution in [3.8, 4) is 0 Å². The van der Waals surface area contributed by atoms with Crippen LogP contribution in [0.15, 0.2) is 18.2 Å². The number of hydrogen-bond donors (Lipinski definition) is 1. The number of hydrogen-bond acceptors (Lipinski definition) is 3. The summed E-state index contributed by atoms with van der Waals surface area (Å²) in [5.74, 6) is 0. The molecule has 19 heavy (non-hydrogen) atoms. The van der Waals surface area contributed by atoms with E-state index in [1.54, 1.807) is 0 Å². The van der Waals surface area contributed by atoms with Crippen molar-refractivity contribution >= 4 is 0 Å². The van der Waals surface area contributed by atoms with Gasteiger partial charge in [0.05, 0.1) is 5.69 Å². The van der Waals surface area contributed by atoms with Crippen molar-refractivity contribution in [1.29, 1.82) is 0 Å². The average molecular weight is 263 g/mol. The molecule has 108 valence electrons. The van der Waals surface area contributed by atoms with Gasteiger partial charge in [-0.25, -0.2) is 0 Å². The summed E-state index contributed by atoms with van der Waals surface area (Å²) in [6.07, 6.45) is 3.72. The third-order valence-corrected chi connectivity index (χ3v) is 3.46. The molecule has 0 amide bonds. The summed E-state index contributed by atoms with van der Waals surface area (Å²) in [6.45, 7) is 9.64. The second-order valence-electron chi connectivity index (χ2n) is 5.31. The molecular weight excluding hydrogens is 234 g/mol. The summed E-state index contributed by atoms with van der Waals surface area (Å²) in [4.78, 5) is 6.91. The number of pyridine rings is 1. The molecule has 3 nitrogen and oxygen atoms in total. The van der Waals surface area contributed by atoms with Gasteiger partial charge in [0.1, 0.15) is 0 Å². The minimum atomic E-state index is 0.676. The zero-order chi connectivity index (χ0) is 14.1. The Kier molecular flexibility index (Phi) is 7.68. The Morgan fingerprint density at radius 1 is 1.32 bits per heavy atom. The number of rotatable bonds is 9. The molecule has 1 aromatic heterocycles. The minimum absolute atomic E-state index is 0.676. The first-order chi connectivity index (χ1) is 9.15. The second-order valence-corrected chi connectivity index (χ2v) is 5.31. The molecule has 1 atom stereocenters. The smallest absolute Gasteiger partial charge is 0.0547 e. The van der Waals surface area contributed by atoms with Crippen LogP contribution in [0, 0.1) is 6.92 Å². The van der Waals surface area contributed by atoms with Crippen LogP contribution in [0.25, 0.3) is 0 Å². The molecule has 0 aliphatic carbocycles. The average Bonchev–Trinajstić information content (AvgIpc) is 2.37. The van der Waals surface area contributed by atoms with E-state index in [4.69, 9.17) is 0 Å². The molecule has 1 unspecified atom stereocenters. The van der Waals surface area contributed by atoms with Crippen molar-refractivity contribution in [2.45, 2.75) is 52.6 Å². The molecule has 3 heteroatoms. The Balaban J connectivity index is 2.26. The minimum Gasteiger partial charge on any atom is -0.314 e. The Labute approximate surface area is 118 Å². The van der Waals surface area contributed by atoms with Crippen molar-refractivity contribution < 1.29 is 0 Å². The van der Waals surface area contributed by atoms with Crippen LogP contribution in [0.3, 0.4) is 0 Å². The first-order valence-electron chi connectivity index (χ1n) is 7.50. The molecule has 1 aromatic rings. The zero-order valence-corrected chi connectivity index (χ0v) is 12.9. The first-order valence-corrected chi connectivity index (χ1v) is 7.50. The van der Waals surface area contributed by atoms with Crippen LogP contribution in [0.5, 0.6) is 0 Å². The van der Waals surface area contributed by atoms with Gasteiger partial charge in [-0.2, -0.15) is 0 Å². The van der Waals surface area contributed by atoms with Gasteiger partial charge in [-0.05, 0) is 58.5 Å². The van der Waals surface area contributed by atoms with Crippen LogP contribution < -0.4 is 5.32 Å². The van der Waals surface area contributed by atoms with Crippen LogP contribution >= 0.6 is 0 Å². The molecule has 1 N–H and O–H groups in total. The summed E-state index contributed by atoms with van der Waals surface area (Å²) >= 11 is 0. The summed E-state index contributed by atoms with van der Waals surface area (Å²) < 4.78 is 0. The van der Waals surface area contributed by atoms with Crippen molar-refractivity contribution in [1.82, 2.24) is 15.2 Å². The van der Waals surface area contributed by atoms with E-state index >= 15 is 0 Å². The molecule has 0 bridgehead atoms. The van der Waals surface area contributed by atoms with Gasteiger partial charge in [0.25, 0.3) is 0 Å². The zero-order valence-electron chi connectivity index (χ0n) is 12.9. The second kappa shape index (κ2) is 9.05. The standard InChI is InChI=1S/C16H29N3/c1-5-15(17-6-2)11-8-12-19(4)13-16-10-7-9-14(3)18-16/h7,9-10,15,17H,5-6,8,11-13H2,1-4H3. The van der Waals surface area contributed by atoms with Gasteiger partial charge < -0.3 is 10.2 Å². The van der Waals surface area contributed by atoms with Gasteiger partial charge in [0, 0.05) is 18.3 Å². The highest BCUT2D eigenvalue weighted by Crippen LogP contribution is 2.06. The molecule has 0 saturated carbocycles. The molecule has 1 heterocycles. The Hall–Kier alpha value is -0.930. The number of aryl methyl sites for hydroxylation is 1. The highest BCUT2D eigenvalue weighted by atomic mass is 15.1. The molecule has 0 aliphatic rings. The number of aromatic nitrogens is 1. The van der Waals surface area contributed by atoms with Crippen LogP contribution in [-0.4, -0.2) is 36.1 Å². The summed E-state index contributed by atoms with van der Waals surface area (Å²) in [7, 11) is 2.18. The van der Waals surface area contributed by atoms with Gasteiger partial charge in [0.2, 0.25) is 0 Å². The van der Waals surface area contributed by atoms with E-state index in [9.17, 15) is 0 Å². The van der Waals surface area contributed by atoms with E-state index in [0.717, 1.165) is 25.3 Å². The van der Waals surface area contributed by atoms with E-state index in [1.807, 2.05) is 13.0 Å². The van der Waals surface area contributed by atoms with Crippen LogP contribution in [0.4, 0.5) is 0 Å². The maximum Gasteiger partial charge on any atom is 0.0547 e. The molecular formula is C16H29N3. The van der Waals surface area contributed by atoms with E-state index in [2.05, 4.69) is 48.2 Å². The maximum atomic E-state index is 4.55. The molecule has 0 aromatic carbocycles. The Morgan fingerprint density at radius 2 is 2.11 bits per heavy atom. The van der Waals surface area contributed by atoms with Gasteiger partial charge >= 0.3 is 0 Å². The fourth-order valence-electron chi connectivity index (χ4n) is 2.39. The predicted molar refractivity (Wildman–Crippen MR) is 82.3 cm³/mol. The SMILES string of the molecule is CCNC(CC)CCCN(C)Cc1cccc(C)n1. The largest absolute Gasteiger partial charge is 0.314 e. The van der Waals surface area contributed by atoms with Crippen molar-refractivity contribution in [2.24, 2.45) is 0 Å². The number of nitrogens with zero attached hydrogens (tertiary/aromatic N) is 2. The highest BCUT2D eigenvalue weighted by Gasteiger charge is 2.06. The van der Waals surface area contributed by atoms with E-state index in [0.29, 0.717) is 6.04 Å². The van der Waals surface area contributed by atoms with Gasteiger partial charge in [0.15, 0.2) is 0 Å². The lowest BCUT2D eigenvalue weighted by molar-refractivity contribution is 0.304. The van der Waals surface area contributed by atoms with Gasteiger partial charge in [-0.15, -0.1) is 0 Å². The number of nitrogens with one attached hydrogen (secondary N) is 1. The summed E-state index contributed by atoms with van der Waals surface area (Å²) in [6, 6.07) is 6.92. The molecule has 0 spiro atoms. The molecule has 0 radical (unpaired) electrons. The van der Waals surface area contributed by atoms with Gasteiger partial charge in [-0.3, -0.25) is 4.98 Å². The predicted octanol–water partition coefficient (Wildman–Crippen LogP) is 2.99. The normalized spacial score (nSPS) is 12.9. The molecule has 0 fully saturated rings. The maximum absolute atomic E-state index is 4.55. The van der Waals surface area contributed by atoms with Crippen LogP contribution in [0.1, 0.15) is 44.5 Å². The lowest BCUT2D eigenvalue weighted by Crippen LogP contribution is -2.29. The van der Waals surface area contributed by atoms with E-state index in [1.165, 1.54) is 25.0 Å². The quantitative estimate of drug-likeness (QED) is 0.742. The fraction of sp³-hybridized carbons (Fsp3) is 0.688. The van der Waals surface area contributed by atoms with E-state index in [-0.39, 0.29) is 0 Å². The van der Waals surface area contributed by atoms with Crippen LogP contribution in [0.2, 0.25) is 0 Å². The molecule has 0 saturated heterocycles.